The molecule has 0 spiro atoms. The Morgan fingerprint density at radius 3 is 3.09 bits per heavy atom. The Kier molecular flexibility index (Phi) is 1.32. The highest BCUT2D eigenvalue weighted by atomic mass is 19.1. The zero-order valence-corrected chi connectivity index (χ0v) is 5.88. The lowest BCUT2D eigenvalue weighted by atomic mass is 10.1. The number of halogens is 1. The second-order valence-corrected chi connectivity index (χ2v) is 2.58. The van der Waals surface area contributed by atoms with Gasteiger partial charge in [-0.2, -0.15) is 0 Å². The van der Waals surface area contributed by atoms with E-state index < -0.39 is 0 Å². The van der Waals surface area contributed by atoms with Crippen LogP contribution >= 0.6 is 0 Å². The summed E-state index contributed by atoms with van der Waals surface area (Å²) in [6.45, 7) is 0.385. The summed E-state index contributed by atoms with van der Waals surface area (Å²) >= 11 is 0. The zero-order valence-electron chi connectivity index (χ0n) is 5.88. The second kappa shape index (κ2) is 2.20. The molecule has 0 saturated heterocycles. The number of fused-ring (bicyclic) bond motifs is 1. The molecular weight excluding hydrogens is 145 g/mol. The molecule has 0 amide bonds. The first-order valence-corrected chi connectivity index (χ1v) is 3.46. The molecule has 2 nitrogen and oxygen atoms in total. The van der Waals surface area contributed by atoms with Crippen molar-refractivity contribution in [1.29, 1.82) is 0 Å². The second-order valence-electron chi connectivity index (χ2n) is 2.58. The summed E-state index contributed by atoms with van der Waals surface area (Å²) in [6, 6.07) is 4.64. The topological polar surface area (TPSA) is 35.2 Å². The molecule has 3 heteroatoms. The van der Waals surface area contributed by atoms with E-state index in [1.54, 1.807) is 12.1 Å². The van der Waals surface area contributed by atoms with Gasteiger partial charge < -0.3 is 10.5 Å². The van der Waals surface area contributed by atoms with Crippen LogP contribution < -0.4 is 10.5 Å². The van der Waals surface area contributed by atoms with Gasteiger partial charge in [0.15, 0.2) is 11.6 Å². The van der Waals surface area contributed by atoms with E-state index >= 15 is 0 Å². The van der Waals surface area contributed by atoms with Crippen LogP contribution in [0.2, 0.25) is 0 Å². The van der Waals surface area contributed by atoms with Crippen molar-refractivity contribution >= 4 is 0 Å². The lowest BCUT2D eigenvalue weighted by molar-refractivity contribution is 0.319. The van der Waals surface area contributed by atoms with Gasteiger partial charge >= 0.3 is 0 Å². The van der Waals surface area contributed by atoms with E-state index in [0.29, 0.717) is 12.4 Å². The maximum Gasteiger partial charge on any atom is 0.165 e. The van der Waals surface area contributed by atoms with Crippen LogP contribution in [0, 0.1) is 5.82 Å². The summed E-state index contributed by atoms with van der Waals surface area (Å²) < 4.78 is 17.9. The first-order valence-electron chi connectivity index (χ1n) is 3.46. The number of hydrogen-bond donors (Lipinski definition) is 1. The minimum absolute atomic E-state index is 0.166. The minimum atomic E-state index is -0.324. The fraction of sp³-hybridized carbons (Fsp3) is 0.250. The van der Waals surface area contributed by atoms with E-state index in [-0.39, 0.29) is 11.9 Å². The smallest absolute Gasteiger partial charge is 0.165 e. The molecule has 0 aliphatic carbocycles. The summed E-state index contributed by atoms with van der Waals surface area (Å²) in [5, 5.41) is 0. The molecule has 1 aromatic carbocycles. The van der Waals surface area contributed by atoms with Gasteiger partial charge in [0.1, 0.15) is 6.61 Å². The maximum absolute atomic E-state index is 12.9. The van der Waals surface area contributed by atoms with E-state index in [0.717, 1.165) is 5.56 Å². The lowest BCUT2D eigenvalue weighted by Gasteiger charge is -1.99. The highest BCUT2D eigenvalue weighted by Crippen LogP contribution is 2.32. The third-order valence-electron chi connectivity index (χ3n) is 1.80. The normalized spacial score (nSPS) is 21.1. The third-order valence-corrected chi connectivity index (χ3v) is 1.80. The van der Waals surface area contributed by atoms with E-state index in [4.69, 9.17) is 10.5 Å². The Labute approximate surface area is 63.8 Å². The predicted molar refractivity (Wildman–Crippen MR) is 38.8 cm³/mol. The molecule has 0 radical (unpaired) electrons. The Hall–Kier alpha value is -1.09. The summed E-state index contributed by atoms with van der Waals surface area (Å²) in [4.78, 5) is 0. The molecule has 0 bridgehead atoms. The first-order chi connectivity index (χ1) is 5.29. The van der Waals surface area contributed by atoms with Crippen LogP contribution in [0.4, 0.5) is 4.39 Å². The number of ether oxygens (including phenoxy) is 1. The largest absolute Gasteiger partial charge is 0.488 e. The predicted octanol–water partition coefficient (Wildman–Crippen LogP) is 1.22. The van der Waals surface area contributed by atoms with Gasteiger partial charge in [0.25, 0.3) is 0 Å². The maximum atomic E-state index is 12.9. The highest BCUT2D eigenvalue weighted by Gasteiger charge is 2.22. The monoisotopic (exact) mass is 153 g/mol. The van der Waals surface area contributed by atoms with Gasteiger partial charge in [0.2, 0.25) is 0 Å². The third kappa shape index (κ3) is 0.886. The van der Waals surface area contributed by atoms with Crippen LogP contribution in [-0.2, 0) is 0 Å². The highest BCUT2D eigenvalue weighted by molar-refractivity contribution is 5.40. The molecule has 1 unspecified atom stereocenters. The average molecular weight is 153 g/mol. The SMILES string of the molecule is NC1COc2c(F)cccc21. The van der Waals surface area contributed by atoms with Crippen LogP contribution in [-0.4, -0.2) is 6.61 Å². The van der Waals surface area contributed by atoms with Crippen molar-refractivity contribution in [2.24, 2.45) is 5.73 Å². The number of benzene rings is 1. The van der Waals surface area contributed by atoms with Crippen LogP contribution in [0.15, 0.2) is 18.2 Å². The summed E-state index contributed by atoms with van der Waals surface area (Å²) in [5.74, 6) is -0.00421. The molecule has 1 aliphatic heterocycles. The van der Waals surface area contributed by atoms with Crippen molar-refractivity contribution in [3.63, 3.8) is 0 Å². The summed E-state index contributed by atoms with van der Waals surface area (Å²) in [6.07, 6.45) is 0. The summed E-state index contributed by atoms with van der Waals surface area (Å²) in [5.41, 5.74) is 6.39. The number of rotatable bonds is 0. The van der Waals surface area contributed by atoms with Crippen molar-refractivity contribution in [3.8, 4) is 5.75 Å². The number of hydrogen-bond acceptors (Lipinski definition) is 2. The van der Waals surface area contributed by atoms with E-state index in [2.05, 4.69) is 0 Å². The van der Waals surface area contributed by atoms with Crippen molar-refractivity contribution in [1.82, 2.24) is 0 Å². The fourth-order valence-electron chi connectivity index (χ4n) is 1.23. The van der Waals surface area contributed by atoms with Crippen molar-refractivity contribution in [2.45, 2.75) is 6.04 Å². The van der Waals surface area contributed by atoms with E-state index in [1.165, 1.54) is 6.07 Å². The van der Waals surface area contributed by atoms with Gasteiger partial charge in [-0.3, -0.25) is 0 Å². The Bertz CT molecular complexity index is 287. The molecular formula is C8H8FNO. The van der Waals surface area contributed by atoms with Crippen molar-refractivity contribution in [2.75, 3.05) is 6.61 Å². The first kappa shape index (κ1) is 6.61. The minimum Gasteiger partial charge on any atom is -0.488 e. The molecule has 11 heavy (non-hydrogen) atoms. The number of para-hydroxylation sites is 1. The molecule has 0 aromatic heterocycles. The van der Waals surface area contributed by atoms with E-state index in [1.807, 2.05) is 0 Å². The van der Waals surface area contributed by atoms with Gasteiger partial charge in [-0.1, -0.05) is 12.1 Å². The van der Waals surface area contributed by atoms with Gasteiger partial charge in [0, 0.05) is 5.56 Å². The Morgan fingerprint density at radius 1 is 1.55 bits per heavy atom. The lowest BCUT2D eigenvalue weighted by Crippen LogP contribution is -2.10. The molecule has 1 atom stereocenters. The van der Waals surface area contributed by atoms with Crippen LogP contribution in [0.3, 0.4) is 0 Å². The molecule has 2 N–H and O–H groups in total. The van der Waals surface area contributed by atoms with Crippen LogP contribution in [0.5, 0.6) is 5.75 Å². The van der Waals surface area contributed by atoms with Gasteiger partial charge in [-0.15, -0.1) is 0 Å². The van der Waals surface area contributed by atoms with Gasteiger partial charge in [0.05, 0.1) is 6.04 Å². The van der Waals surface area contributed by atoms with Crippen molar-refractivity contribution in [3.05, 3.63) is 29.6 Å². The Balaban J connectivity index is 2.57. The average Bonchev–Trinajstić information content (AvgIpc) is 2.35. The molecule has 0 fully saturated rings. The molecule has 1 heterocycles. The number of nitrogens with two attached hydrogens (primary N) is 1. The quantitative estimate of drug-likeness (QED) is 0.608. The van der Waals surface area contributed by atoms with Gasteiger partial charge in [-0.05, 0) is 6.07 Å². The van der Waals surface area contributed by atoms with Crippen LogP contribution in [0.1, 0.15) is 11.6 Å². The van der Waals surface area contributed by atoms with Gasteiger partial charge in [-0.25, -0.2) is 4.39 Å². The molecule has 0 saturated carbocycles. The van der Waals surface area contributed by atoms with Crippen molar-refractivity contribution < 1.29 is 9.13 Å². The van der Waals surface area contributed by atoms with Crippen LogP contribution in [0.25, 0.3) is 0 Å². The zero-order chi connectivity index (χ0) is 7.84. The molecule has 58 valence electrons. The molecule has 2 rings (SSSR count). The fourth-order valence-corrected chi connectivity index (χ4v) is 1.23. The Morgan fingerprint density at radius 2 is 2.36 bits per heavy atom. The molecule has 1 aromatic rings. The summed E-state index contributed by atoms with van der Waals surface area (Å²) in [7, 11) is 0. The standard InChI is InChI=1S/C8H8FNO/c9-6-3-1-2-5-7(10)4-11-8(5)6/h1-3,7H,4,10H2. The van der Waals surface area contributed by atoms with E-state index in [9.17, 15) is 4.39 Å². The molecule has 1 aliphatic rings.